The van der Waals surface area contributed by atoms with E-state index in [1.54, 1.807) is 6.08 Å². The van der Waals surface area contributed by atoms with Crippen molar-refractivity contribution >= 4 is 44.2 Å². The zero-order valence-corrected chi connectivity index (χ0v) is 11.1. The Hall–Kier alpha value is -0.350. The van der Waals surface area contributed by atoms with Crippen LogP contribution in [-0.4, -0.2) is 6.29 Å². The SMILES string of the molecule is CC(C)/C(C=O)=C\c1cc(Br)c(Br)o1. The number of carbonyl (C=O) groups is 1. The van der Waals surface area contributed by atoms with E-state index in [1.165, 1.54) is 0 Å². The Labute approximate surface area is 99.6 Å². The molecule has 0 N–H and O–H groups in total. The monoisotopic (exact) mass is 320 g/mol. The third kappa shape index (κ3) is 2.82. The van der Waals surface area contributed by atoms with Crippen LogP contribution in [-0.2, 0) is 4.79 Å². The van der Waals surface area contributed by atoms with E-state index in [0.29, 0.717) is 10.4 Å². The first-order valence-electron chi connectivity index (χ1n) is 4.16. The first kappa shape index (κ1) is 11.7. The van der Waals surface area contributed by atoms with Gasteiger partial charge < -0.3 is 4.42 Å². The van der Waals surface area contributed by atoms with Gasteiger partial charge in [0.05, 0.1) is 4.47 Å². The summed E-state index contributed by atoms with van der Waals surface area (Å²) in [7, 11) is 0. The minimum atomic E-state index is 0.204. The van der Waals surface area contributed by atoms with Crippen molar-refractivity contribution < 1.29 is 9.21 Å². The fraction of sp³-hybridized carbons (Fsp3) is 0.300. The molecule has 0 aliphatic carbocycles. The molecule has 0 aliphatic rings. The summed E-state index contributed by atoms with van der Waals surface area (Å²) in [5.74, 6) is 0.870. The van der Waals surface area contributed by atoms with E-state index < -0.39 is 0 Å². The average molecular weight is 322 g/mol. The number of rotatable bonds is 3. The van der Waals surface area contributed by atoms with Gasteiger partial charge in [-0.3, -0.25) is 4.79 Å². The van der Waals surface area contributed by atoms with E-state index in [2.05, 4.69) is 31.9 Å². The Bertz CT molecular complexity index is 345. The predicted molar refractivity (Wildman–Crippen MR) is 63.0 cm³/mol. The summed E-state index contributed by atoms with van der Waals surface area (Å²) < 4.78 is 6.81. The topological polar surface area (TPSA) is 30.2 Å². The molecule has 0 aromatic carbocycles. The predicted octanol–water partition coefficient (Wildman–Crippen LogP) is 4.04. The quantitative estimate of drug-likeness (QED) is 0.621. The van der Waals surface area contributed by atoms with Crippen LogP contribution < -0.4 is 0 Å². The number of aldehydes is 1. The lowest BCUT2D eigenvalue weighted by molar-refractivity contribution is -0.105. The van der Waals surface area contributed by atoms with Gasteiger partial charge in [-0.05, 0) is 55.5 Å². The lowest BCUT2D eigenvalue weighted by Gasteiger charge is -2.00. The molecule has 1 rings (SSSR count). The van der Waals surface area contributed by atoms with E-state index in [4.69, 9.17) is 4.42 Å². The van der Waals surface area contributed by atoms with Crippen molar-refractivity contribution in [3.05, 3.63) is 26.5 Å². The second-order valence-electron chi connectivity index (χ2n) is 3.19. The van der Waals surface area contributed by atoms with Gasteiger partial charge in [0.2, 0.25) is 0 Å². The number of carbonyl (C=O) groups excluding carboxylic acids is 1. The van der Waals surface area contributed by atoms with E-state index in [9.17, 15) is 4.79 Å². The van der Waals surface area contributed by atoms with Gasteiger partial charge in [-0.25, -0.2) is 0 Å². The van der Waals surface area contributed by atoms with Crippen LogP contribution >= 0.6 is 31.9 Å². The largest absolute Gasteiger partial charge is 0.449 e. The fourth-order valence-electron chi connectivity index (χ4n) is 0.935. The van der Waals surface area contributed by atoms with Gasteiger partial charge in [-0.2, -0.15) is 0 Å². The first-order valence-corrected chi connectivity index (χ1v) is 5.74. The molecule has 0 radical (unpaired) electrons. The van der Waals surface area contributed by atoms with Crippen LogP contribution in [0.3, 0.4) is 0 Å². The summed E-state index contributed by atoms with van der Waals surface area (Å²) in [5.41, 5.74) is 0.721. The summed E-state index contributed by atoms with van der Waals surface area (Å²) >= 11 is 6.54. The lowest BCUT2D eigenvalue weighted by atomic mass is 10.0. The molecule has 0 saturated carbocycles. The van der Waals surface area contributed by atoms with Crippen molar-refractivity contribution in [1.29, 1.82) is 0 Å². The Morgan fingerprint density at radius 3 is 2.50 bits per heavy atom. The molecule has 2 nitrogen and oxygen atoms in total. The number of hydrogen-bond donors (Lipinski definition) is 0. The highest BCUT2D eigenvalue weighted by molar-refractivity contribution is 9.13. The molecular weight excluding hydrogens is 312 g/mol. The minimum absolute atomic E-state index is 0.204. The molecule has 1 heterocycles. The molecular formula is C10H10Br2O2. The smallest absolute Gasteiger partial charge is 0.184 e. The molecule has 0 unspecified atom stereocenters. The Morgan fingerprint density at radius 2 is 2.14 bits per heavy atom. The van der Waals surface area contributed by atoms with Gasteiger partial charge >= 0.3 is 0 Å². The van der Waals surface area contributed by atoms with Crippen molar-refractivity contribution in [2.24, 2.45) is 5.92 Å². The Morgan fingerprint density at radius 1 is 1.50 bits per heavy atom. The zero-order valence-electron chi connectivity index (χ0n) is 7.88. The van der Waals surface area contributed by atoms with Gasteiger partial charge in [0.25, 0.3) is 0 Å². The van der Waals surface area contributed by atoms with E-state index in [1.807, 2.05) is 19.9 Å². The summed E-state index contributed by atoms with van der Waals surface area (Å²) in [6.45, 7) is 3.93. The summed E-state index contributed by atoms with van der Waals surface area (Å²) in [6.07, 6.45) is 2.60. The number of hydrogen-bond acceptors (Lipinski definition) is 2. The second kappa shape index (κ2) is 4.94. The van der Waals surface area contributed by atoms with E-state index in [0.717, 1.165) is 16.3 Å². The molecule has 76 valence electrons. The van der Waals surface area contributed by atoms with Crippen LogP contribution in [0.5, 0.6) is 0 Å². The Balaban J connectivity index is 3.00. The van der Waals surface area contributed by atoms with Crippen molar-refractivity contribution in [3.8, 4) is 0 Å². The van der Waals surface area contributed by atoms with Crippen molar-refractivity contribution in [3.63, 3.8) is 0 Å². The zero-order chi connectivity index (χ0) is 10.7. The maximum atomic E-state index is 10.7. The molecule has 1 aromatic rings. The molecule has 0 bridgehead atoms. The molecule has 0 amide bonds. The molecule has 1 aromatic heterocycles. The highest BCUT2D eigenvalue weighted by atomic mass is 79.9. The van der Waals surface area contributed by atoms with Gasteiger partial charge in [0, 0.05) is 0 Å². The highest BCUT2D eigenvalue weighted by Crippen LogP contribution is 2.28. The van der Waals surface area contributed by atoms with Gasteiger partial charge in [0.15, 0.2) is 4.67 Å². The van der Waals surface area contributed by atoms with Gasteiger partial charge in [-0.15, -0.1) is 0 Å². The molecule has 0 spiro atoms. The first-order chi connectivity index (χ1) is 6.54. The summed E-state index contributed by atoms with van der Waals surface area (Å²) in [5, 5.41) is 0. The van der Waals surface area contributed by atoms with Crippen LogP contribution in [0.15, 0.2) is 25.2 Å². The maximum Gasteiger partial charge on any atom is 0.184 e. The van der Waals surface area contributed by atoms with Gasteiger partial charge in [0.1, 0.15) is 12.0 Å². The molecule has 0 aliphatic heterocycles. The average Bonchev–Trinajstić information content (AvgIpc) is 2.41. The van der Waals surface area contributed by atoms with Crippen LogP contribution in [0, 0.1) is 5.92 Å². The molecule has 0 fully saturated rings. The number of furan rings is 1. The fourth-order valence-corrected chi connectivity index (χ4v) is 1.54. The van der Waals surface area contributed by atoms with E-state index in [-0.39, 0.29) is 5.92 Å². The van der Waals surface area contributed by atoms with Crippen LogP contribution in [0.25, 0.3) is 6.08 Å². The lowest BCUT2D eigenvalue weighted by Crippen LogP contribution is -1.94. The van der Waals surface area contributed by atoms with Crippen LogP contribution in [0.4, 0.5) is 0 Å². The summed E-state index contributed by atoms with van der Waals surface area (Å²) in [6, 6.07) is 1.82. The van der Waals surface area contributed by atoms with E-state index >= 15 is 0 Å². The van der Waals surface area contributed by atoms with Crippen LogP contribution in [0.1, 0.15) is 19.6 Å². The minimum Gasteiger partial charge on any atom is -0.449 e. The third-order valence-electron chi connectivity index (χ3n) is 1.78. The van der Waals surface area contributed by atoms with Crippen LogP contribution in [0.2, 0.25) is 0 Å². The van der Waals surface area contributed by atoms with Crippen molar-refractivity contribution in [1.82, 2.24) is 0 Å². The second-order valence-corrected chi connectivity index (χ2v) is 4.76. The summed E-state index contributed by atoms with van der Waals surface area (Å²) in [4.78, 5) is 10.7. The molecule has 0 atom stereocenters. The standard InChI is InChI=1S/C10H10Br2O2/c1-6(2)7(5-13)3-8-4-9(11)10(12)14-8/h3-6H,1-2H3/b7-3-. The Kier molecular flexibility index (Phi) is 4.13. The highest BCUT2D eigenvalue weighted by Gasteiger charge is 2.07. The molecule has 4 heteroatoms. The van der Waals surface area contributed by atoms with Crippen molar-refractivity contribution in [2.45, 2.75) is 13.8 Å². The molecule has 0 saturated heterocycles. The third-order valence-corrected chi connectivity index (χ3v) is 3.49. The van der Waals surface area contributed by atoms with Gasteiger partial charge in [-0.1, -0.05) is 13.8 Å². The van der Waals surface area contributed by atoms with Crippen molar-refractivity contribution in [2.75, 3.05) is 0 Å². The maximum absolute atomic E-state index is 10.7. The molecule has 14 heavy (non-hydrogen) atoms. The normalized spacial score (nSPS) is 12.2. The number of allylic oxidation sites excluding steroid dienone is 1. The number of halogens is 2.